The standard InChI is InChI=1S/C24H29N3O6S/c1-16-9-17(2)14-26(13-16)34(30,31)20-7-8-21-22(11-20)33-24(29)27(21)15-23(28)25-12-18-5-4-6-19(10-18)32-3/h4-8,10-11,16-17H,9,12-15H2,1-3H3,(H,25,28)/t16-,17-/m0/s1. The molecule has 0 bridgehead atoms. The molecule has 0 radical (unpaired) electrons. The highest BCUT2D eigenvalue weighted by atomic mass is 32.2. The summed E-state index contributed by atoms with van der Waals surface area (Å²) in [5.74, 6) is 0.137. The normalized spacial score (nSPS) is 19.3. The molecule has 0 unspecified atom stereocenters. The van der Waals surface area contributed by atoms with E-state index in [1.165, 1.54) is 27.1 Å². The molecule has 1 amide bonds. The van der Waals surface area contributed by atoms with Crippen LogP contribution in [0.15, 0.2) is 56.6 Å². The Morgan fingerprint density at radius 1 is 1.15 bits per heavy atom. The Morgan fingerprint density at radius 2 is 1.88 bits per heavy atom. The molecule has 1 aliphatic heterocycles. The van der Waals surface area contributed by atoms with Crippen molar-refractivity contribution in [3.8, 4) is 5.75 Å². The number of nitrogens with zero attached hydrogens (tertiary/aromatic N) is 2. The van der Waals surface area contributed by atoms with Crippen molar-refractivity contribution >= 4 is 27.0 Å². The van der Waals surface area contributed by atoms with Crippen LogP contribution < -0.4 is 15.8 Å². The van der Waals surface area contributed by atoms with Gasteiger partial charge in [-0.2, -0.15) is 4.31 Å². The summed E-state index contributed by atoms with van der Waals surface area (Å²) in [6.07, 6.45) is 0.989. The fraction of sp³-hybridized carbons (Fsp3) is 0.417. The molecule has 1 aromatic heterocycles. The predicted octanol–water partition coefficient (Wildman–Crippen LogP) is 2.59. The van der Waals surface area contributed by atoms with Gasteiger partial charge >= 0.3 is 5.76 Å². The third kappa shape index (κ3) is 5.02. The number of methoxy groups -OCH3 is 1. The SMILES string of the molecule is COc1cccc(CNC(=O)Cn2c(=O)oc3cc(S(=O)(=O)N4C[C@@H](C)C[C@H](C)C4)ccc32)c1. The van der Waals surface area contributed by atoms with Crippen molar-refractivity contribution in [3.05, 3.63) is 58.6 Å². The predicted molar refractivity (Wildman–Crippen MR) is 127 cm³/mol. The Hall–Kier alpha value is -3.11. The number of hydrogen-bond donors (Lipinski definition) is 1. The van der Waals surface area contributed by atoms with Crippen molar-refractivity contribution in [3.63, 3.8) is 0 Å². The van der Waals surface area contributed by atoms with Crippen LogP contribution >= 0.6 is 0 Å². The number of piperidine rings is 1. The van der Waals surface area contributed by atoms with Crippen molar-refractivity contribution in [2.24, 2.45) is 11.8 Å². The fourth-order valence-electron chi connectivity index (χ4n) is 4.49. The first-order valence-corrected chi connectivity index (χ1v) is 12.6. The van der Waals surface area contributed by atoms with E-state index in [0.29, 0.717) is 24.4 Å². The lowest BCUT2D eigenvalue weighted by Gasteiger charge is -2.34. The van der Waals surface area contributed by atoms with Crippen LogP contribution in [0.5, 0.6) is 5.75 Å². The maximum atomic E-state index is 13.2. The molecule has 10 heteroatoms. The highest BCUT2D eigenvalue weighted by molar-refractivity contribution is 7.89. The largest absolute Gasteiger partial charge is 0.497 e. The number of carbonyl (C=O) groups is 1. The zero-order valence-electron chi connectivity index (χ0n) is 19.5. The molecule has 0 saturated carbocycles. The smallest absolute Gasteiger partial charge is 0.420 e. The Morgan fingerprint density at radius 3 is 2.59 bits per heavy atom. The first-order chi connectivity index (χ1) is 16.2. The number of amides is 1. The van der Waals surface area contributed by atoms with Gasteiger partial charge in [-0.1, -0.05) is 26.0 Å². The molecule has 0 aliphatic carbocycles. The van der Waals surface area contributed by atoms with E-state index in [1.54, 1.807) is 7.11 Å². The van der Waals surface area contributed by atoms with E-state index < -0.39 is 15.8 Å². The molecule has 9 nitrogen and oxygen atoms in total. The first kappa shape index (κ1) is 24.0. The molecule has 1 aliphatic rings. The number of ether oxygens (including phenoxy) is 1. The van der Waals surface area contributed by atoms with Gasteiger partial charge in [0.15, 0.2) is 5.58 Å². The van der Waals surface area contributed by atoms with Crippen molar-refractivity contribution in [2.45, 2.75) is 38.3 Å². The number of benzene rings is 2. The lowest BCUT2D eigenvalue weighted by molar-refractivity contribution is -0.121. The zero-order chi connectivity index (χ0) is 24.5. The summed E-state index contributed by atoms with van der Waals surface area (Å²) in [6, 6.07) is 11.6. The van der Waals surface area contributed by atoms with Crippen molar-refractivity contribution in [1.82, 2.24) is 14.2 Å². The van der Waals surface area contributed by atoms with Crippen LogP contribution in [0, 0.1) is 11.8 Å². The highest BCUT2D eigenvalue weighted by Gasteiger charge is 2.32. The average Bonchev–Trinajstić information content (AvgIpc) is 3.11. The lowest BCUT2D eigenvalue weighted by atomic mass is 9.94. The summed E-state index contributed by atoms with van der Waals surface area (Å²) in [5.41, 5.74) is 1.35. The van der Waals surface area contributed by atoms with E-state index >= 15 is 0 Å². The molecule has 2 aromatic carbocycles. The van der Waals surface area contributed by atoms with Gasteiger partial charge in [0.2, 0.25) is 15.9 Å². The van der Waals surface area contributed by atoms with E-state index in [2.05, 4.69) is 5.32 Å². The molecule has 2 heterocycles. The molecule has 4 rings (SSSR count). The molecular weight excluding hydrogens is 458 g/mol. The summed E-state index contributed by atoms with van der Waals surface area (Å²) < 4.78 is 39.5. The Balaban J connectivity index is 1.51. The van der Waals surface area contributed by atoms with Crippen LogP contribution in [-0.4, -0.2) is 43.4 Å². The van der Waals surface area contributed by atoms with Crippen LogP contribution in [-0.2, 0) is 27.9 Å². The number of hydrogen-bond acceptors (Lipinski definition) is 6. The summed E-state index contributed by atoms with van der Waals surface area (Å²) in [6.45, 7) is 5.03. The molecule has 1 saturated heterocycles. The molecule has 34 heavy (non-hydrogen) atoms. The van der Waals surface area contributed by atoms with Gasteiger partial charge in [0.1, 0.15) is 12.3 Å². The molecule has 1 fully saturated rings. The van der Waals surface area contributed by atoms with Gasteiger partial charge in [-0.25, -0.2) is 13.2 Å². The van der Waals surface area contributed by atoms with Crippen LogP contribution in [0.25, 0.3) is 11.1 Å². The Kier molecular flexibility index (Phi) is 6.81. The summed E-state index contributed by atoms with van der Waals surface area (Å²) >= 11 is 0. The minimum absolute atomic E-state index is 0.0738. The van der Waals surface area contributed by atoms with E-state index in [1.807, 2.05) is 38.1 Å². The van der Waals surface area contributed by atoms with Crippen LogP contribution in [0.4, 0.5) is 0 Å². The second-order valence-corrected chi connectivity index (χ2v) is 10.9. The third-order valence-corrected chi connectivity index (χ3v) is 7.87. The number of rotatable bonds is 7. The van der Waals surface area contributed by atoms with Gasteiger partial charge < -0.3 is 14.5 Å². The number of carbonyl (C=O) groups excluding carboxylic acids is 1. The maximum absolute atomic E-state index is 13.2. The second kappa shape index (κ2) is 9.63. The van der Waals surface area contributed by atoms with Gasteiger partial charge in [-0.3, -0.25) is 9.36 Å². The minimum Gasteiger partial charge on any atom is -0.497 e. The van der Waals surface area contributed by atoms with E-state index in [9.17, 15) is 18.0 Å². The lowest BCUT2D eigenvalue weighted by Crippen LogP contribution is -2.42. The number of aromatic nitrogens is 1. The minimum atomic E-state index is -3.72. The van der Waals surface area contributed by atoms with E-state index in [4.69, 9.17) is 9.15 Å². The molecule has 1 N–H and O–H groups in total. The molecule has 0 spiro atoms. The zero-order valence-corrected chi connectivity index (χ0v) is 20.3. The first-order valence-electron chi connectivity index (χ1n) is 11.2. The van der Waals surface area contributed by atoms with Crippen LogP contribution in [0.1, 0.15) is 25.8 Å². The number of fused-ring (bicyclic) bond motifs is 1. The van der Waals surface area contributed by atoms with E-state index in [-0.39, 0.29) is 41.3 Å². The van der Waals surface area contributed by atoms with Gasteiger partial charge in [-0.05, 0) is 48.1 Å². The van der Waals surface area contributed by atoms with E-state index in [0.717, 1.165) is 12.0 Å². The number of sulfonamides is 1. The van der Waals surface area contributed by atoms with Gasteiger partial charge in [0.25, 0.3) is 0 Å². The van der Waals surface area contributed by atoms with Crippen LogP contribution in [0.3, 0.4) is 0 Å². The number of oxazole rings is 1. The van der Waals surface area contributed by atoms with Crippen LogP contribution in [0.2, 0.25) is 0 Å². The van der Waals surface area contributed by atoms with Crippen molar-refractivity contribution in [1.29, 1.82) is 0 Å². The van der Waals surface area contributed by atoms with Crippen molar-refractivity contribution in [2.75, 3.05) is 20.2 Å². The molecule has 2 atom stereocenters. The summed E-state index contributed by atoms with van der Waals surface area (Å²) in [4.78, 5) is 25.0. The van der Waals surface area contributed by atoms with Gasteiger partial charge in [0, 0.05) is 25.7 Å². The monoisotopic (exact) mass is 487 g/mol. The average molecular weight is 488 g/mol. The fourth-order valence-corrected chi connectivity index (χ4v) is 6.19. The van der Waals surface area contributed by atoms with Gasteiger partial charge in [-0.15, -0.1) is 0 Å². The Labute approximate surface area is 198 Å². The van der Waals surface area contributed by atoms with Gasteiger partial charge in [0.05, 0.1) is 17.5 Å². The Bertz CT molecular complexity index is 1350. The quantitative estimate of drug-likeness (QED) is 0.548. The third-order valence-electron chi connectivity index (χ3n) is 6.04. The van der Waals surface area contributed by atoms with Crippen molar-refractivity contribution < 1.29 is 22.4 Å². The summed E-state index contributed by atoms with van der Waals surface area (Å²) in [5, 5.41) is 2.77. The molecular formula is C24H29N3O6S. The molecule has 182 valence electrons. The molecule has 3 aromatic rings. The highest BCUT2D eigenvalue weighted by Crippen LogP contribution is 2.28. The second-order valence-electron chi connectivity index (χ2n) is 8.98. The number of nitrogens with one attached hydrogen (secondary N) is 1. The summed E-state index contributed by atoms with van der Waals surface area (Å²) in [7, 11) is -2.15. The topological polar surface area (TPSA) is 111 Å². The maximum Gasteiger partial charge on any atom is 0.420 e.